The molecule has 1 atom stereocenters. The number of hydrogen-bond acceptors (Lipinski definition) is 5. The maximum Gasteiger partial charge on any atom is 0.320 e. The number of rotatable bonds is 6. The van der Waals surface area contributed by atoms with E-state index in [9.17, 15) is 13.6 Å². The number of nitrogens with zero attached hydrogens (tertiary/aromatic N) is 3. The summed E-state index contributed by atoms with van der Waals surface area (Å²) in [4.78, 5) is 22.0. The van der Waals surface area contributed by atoms with E-state index in [1.807, 2.05) is 16.8 Å². The zero-order valence-electron chi connectivity index (χ0n) is 15.7. The molecule has 0 aliphatic carbocycles. The molecule has 1 amide bonds. The number of hydrogen-bond donors (Lipinski definition) is 1. The highest BCUT2D eigenvalue weighted by molar-refractivity contribution is 7.17. The molecule has 9 heteroatoms. The topological polar surface area (TPSA) is 59.8 Å². The number of aryl methyl sites for hydroxylation is 1. The van der Waals surface area contributed by atoms with Gasteiger partial charge in [0.25, 0.3) is 5.91 Å². The van der Waals surface area contributed by atoms with Crippen LogP contribution in [0.4, 0.5) is 8.78 Å². The maximum absolute atomic E-state index is 13.6. The fourth-order valence-electron chi connectivity index (χ4n) is 3.15. The van der Waals surface area contributed by atoms with E-state index in [2.05, 4.69) is 15.3 Å². The Labute approximate surface area is 174 Å². The number of nitrogens with one attached hydrogen (secondary N) is 1. The van der Waals surface area contributed by atoms with Crippen molar-refractivity contribution < 1.29 is 13.6 Å². The third-order valence-corrected chi connectivity index (χ3v) is 6.49. The molecule has 1 N–H and O–H groups in total. The fourth-order valence-corrected chi connectivity index (χ4v) is 4.84. The van der Waals surface area contributed by atoms with E-state index in [1.54, 1.807) is 49.4 Å². The Morgan fingerprint density at radius 2 is 2.03 bits per heavy atom. The van der Waals surface area contributed by atoms with Gasteiger partial charge in [-0.3, -0.25) is 9.36 Å². The van der Waals surface area contributed by atoms with Crippen molar-refractivity contribution in [2.75, 3.05) is 6.54 Å². The lowest BCUT2D eigenvalue weighted by Gasteiger charge is -2.14. The molecule has 1 unspecified atom stereocenters. The molecular formula is C20H18F2N4OS2. The summed E-state index contributed by atoms with van der Waals surface area (Å²) in [6.07, 6.45) is 0. The second kappa shape index (κ2) is 8.00. The summed E-state index contributed by atoms with van der Waals surface area (Å²) < 4.78 is 28.2. The Morgan fingerprint density at radius 1 is 1.24 bits per heavy atom. The lowest BCUT2D eigenvalue weighted by atomic mass is 10.1. The van der Waals surface area contributed by atoms with E-state index in [0.717, 1.165) is 15.1 Å². The van der Waals surface area contributed by atoms with Gasteiger partial charge < -0.3 is 5.32 Å². The summed E-state index contributed by atoms with van der Waals surface area (Å²) in [7, 11) is 0. The van der Waals surface area contributed by atoms with Crippen LogP contribution in [0.25, 0.3) is 21.6 Å². The third-order valence-electron chi connectivity index (χ3n) is 4.60. The first kappa shape index (κ1) is 19.7. The van der Waals surface area contributed by atoms with Gasteiger partial charge in [0.1, 0.15) is 15.7 Å². The van der Waals surface area contributed by atoms with E-state index in [0.29, 0.717) is 21.6 Å². The molecule has 3 aromatic heterocycles. The maximum atomic E-state index is 13.6. The Balaban J connectivity index is 1.52. The SMILES string of the molecule is Cc1nc(-c2ccsc2)sc1C(=O)NCC(C)c1nc2ccccc2n1C(F)F. The van der Waals surface area contributed by atoms with Crippen LogP contribution in [-0.4, -0.2) is 27.0 Å². The monoisotopic (exact) mass is 432 g/mol. The number of aromatic nitrogens is 3. The molecule has 0 bridgehead atoms. The second-order valence-electron chi connectivity index (χ2n) is 6.66. The van der Waals surface area contributed by atoms with Gasteiger partial charge in [-0.15, -0.1) is 11.3 Å². The van der Waals surface area contributed by atoms with E-state index in [1.165, 1.54) is 11.3 Å². The molecule has 0 saturated heterocycles. The fraction of sp³-hybridized carbons (Fsp3) is 0.250. The minimum atomic E-state index is -2.70. The molecule has 0 spiro atoms. The molecule has 0 fully saturated rings. The van der Waals surface area contributed by atoms with E-state index < -0.39 is 6.55 Å². The number of amides is 1. The third kappa shape index (κ3) is 3.79. The van der Waals surface area contributed by atoms with Crippen molar-refractivity contribution in [2.24, 2.45) is 0 Å². The van der Waals surface area contributed by atoms with Crippen LogP contribution >= 0.6 is 22.7 Å². The van der Waals surface area contributed by atoms with Crippen molar-refractivity contribution >= 4 is 39.6 Å². The first-order chi connectivity index (χ1) is 14.0. The quantitative estimate of drug-likeness (QED) is 0.440. The van der Waals surface area contributed by atoms with E-state index >= 15 is 0 Å². The van der Waals surface area contributed by atoms with E-state index in [-0.39, 0.29) is 24.2 Å². The van der Waals surface area contributed by atoms with Crippen molar-refractivity contribution in [3.8, 4) is 10.6 Å². The molecule has 0 aliphatic rings. The molecule has 3 heterocycles. The number of carbonyl (C=O) groups excluding carboxylic acids is 1. The van der Waals surface area contributed by atoms with Crippen molar-refractivity contribution in [1.29, 1.82) is 0 Å². The van der Waals surface area contributed by atoms with Gasteiger partial charge in [0.15, 0.2) is 0 Å². The van der Waals surface area contributed by atoms with Crippen LogP contribution in [0, 0.1) is 6.92 Å². The van der Waals surface area contributed by atoms with Crippen molar-refractivity contribution in [1.82, 2.24) is 19.9 Å². The molecule has 0 radical (unpaired) electrons. The first-order valence-corrected chi connectivity index (χ1v) is 10.7. The molecule has 0 aliphatic heterocycles. The highest BCUT2D eigenvalue weighted by Crippen LogP contribution is 2.30. The number of halogens is 2. The predicted molar refractivity (Wildman–Crippen MR) is 112 cm³/mol. The minimum absolute atomic E-state index is 0.194. The van der Waals surface area contributed by atoms with Gasteiger partial charge in [0, 0.05) is 23.4 Å². The van der Waals surface area contributed by atoms with Crippen LogP contribution < -0.4 is 5.32 Å². The standard InChI is InChI=1S/C20H18F2N4OS2/c1-11(17-25-14-5-3-4-6-15(14)26(17)20(21)22)9-23-18(27)16-12(2)24-19(29-16)13-7-8-28-10-13/h3-8,10-11,20H,9H2,1-2H3,(H,23,27). The highest BCUT2D eigenvalue weighted by Gasteiger charge is 2.23. The number of para-hydroxylation sites is 2. The lowest BCUT2D eigenvalue weighted by molar-refractivity contribution is 0.0704. The summed E-state index contributed by atoms with van der Waals surface area (Å²) >= 11 is 2.90. The van der Waals surface area contributed by atoms with Gasteiger partial charge in [-0.1, -0.05) is 19.1 Å². The molecule has 0 saturated carbocycles. The van der Waals surface area contributed by atoms with Gasteiger partial charge in [0.2, 0.25) is 0 Å². The molecular weight excluding hydrogens is 414 g/mol. The normalized spacial score (nSPS) is 12.6. The summed E-state index contributed by atoms with van der Waals surface area (Å²) in [5.74, 6) is -0.389. The predicted octanol–water partition coefficient (Wildman–Crippen LogP) is 5.46. The van der Waals surface area contributed by atoms with E-state index in [4.69, 9.17) is 0 Å². The first-order valence-electron chi connectivity index (χ1n) is 8.99. The van der Waals surface area contributed by atoms with Crippen LogP contribution in [0.2, 0.25) is 0 Å². The summed E-state index contributed by atoms with van der Waals surface area (Å²) in [5, 5.41) is 7.58. The Morgan fingerprint density at radius 3 is 2.76 bits per heavy atom. The van der Waals surface area contributed by atoms with Crippen LogP contribution in [-0.2, 0) is 0 Å². The number of thiazole rings is 1. The van der Waals surface area contributed by atoms with Crippen LogP contribution in [0.3, 0.4) is 0 Å². The van der Waals surface area contributed by atoms with Gasteiger partial charge in [-0.2, -0.15) is 20.1 Å². The largest absolute Gasteiger partial charge is 0.351 e. The zero-order chi connectivity index (χ0) is 20.5. The van der Waals surface area contributed by atoms with Crippen molar-refractivity contribution in [3.05, 3.63) is 57.5 Å². The number of carbonyl (C=O) groups is 1. The Kier molecular flexibility index (Phi) is 5.42. The van der Waals surface area contributed by atoms with Gasteiger partial charge >= 0.3 is 6.55 Å². The van der Waals surface area contributed by atoms with Crippen molar-refractivity contribution in [2.45, 2.75) is 26.3 Å². The highest BCUT2D eigenvalue weighted by atomic mass is 32.1. The molecule has 5 nitrogen and oxygen atoms in total. The number of alkyl halides is 2. The Hall–Kier alpha value is -2.65. The summed E-state index contributed by atoms with van der Waals surface area (Å²) in [6, 6.07) is 8.75. The number of fused-ring (bicyclic) bond motifs is 1. The minimum Gasteiger partial charge on any atom is -0.351 e. The number of benzene rings is 1. The molecule has 29 heavy (non-hydrogen) atoms. The molecule has 4 aromatic rings. The average molecular weight is 433 g/mol. The number of thiophene rings is 1. The summed E-state index contributed by atoms with van der Waals surface area (Å²) in [5.41, 5.74) is 2.54. The smallest absolute Gasteiger partial charge is 0.320 e. The average Bonchev–Trinajstić information content (AvgIpc) is 3.43. The molecule has 4 rings (SSSR count). The van der Waals surface area contributed by atoms with Crippen LogP contribution in [0.5, 0.6) is 0 Å². The number of imidazole rings is 1. The zero-order valence-corrected chi connectivity index (χ0v) is 17.4. The second-order valence-corrected chi connectivity index (χ2v) is 8.44. The lowest BCUT2D eigenvalue weighted by Crippen LogP contribution is -2.28. The van der Waals surface area contributed by atoms with Crippen LogP contribution in [0.15, 0.2) is 41.1 Å². The van der Waals surface area contributed by atoms with Gasteiger partial charge in [-0.25, -0.2) is 9.97 Å². The van der Waals surface area contributed by atoms with Gasteiger partial charge in [0.05, 0.1) is 16.7 Å². The molecule has 150 valence electrons. The van der Waals surface area contributed by atoms with Gasteiger partial charge in [-0.05, 0) is 30.5 Å². The summed E-state index contributed by atoms with van der Waals surface area (Å²) in [6.45, 7) is 1.06. The van der Waals surface area contributed by atoms with Crippen LogP contribution in [0.1, 0.15) is 40.6 Å². The molecule has 1 aromatic carbocycles. The van der Waals surface area contributed by atoms with Crippen molar-refractivity contribution in [3.63, 3.8) is 0 Å². The Bertz CT molecular complexity index is 1150.